The molecule has 0 atom stereocenters. The smallest absolute Gasteiger partial charge is 0.311 e. The van der Waals surface area contributed by atoms with Crippen molar-refractivity contribution in [2.75, 3.05) is 12.4 Å². The highest BCUT2D eigenvalue weighted by atomic mass is 32.1. The Labute approximate surface area is 152 Å². The first-order valence-electron chi connectivity index (χ1n) is 7.68. The van der Waals surface area contributed by atoms with E-state index in [0.717, 1.165) is 5.56 Å². The maximum atomic E-state index is 12.3. The fraction of sp³-hybridized carbons (Fsp3) is 0.111. The van der Waals surface area contributed by atoms with E-state index in [1.54, 1.807) is 11.4 Å². The number of H-pyrrole nitrogens is 1. The summed E-state index contributed by atoms with van der Waals surface area (Å²) in [5.41, 5.74) is 1.46. The molecule has 0 fully saturated rings. The van der Waals surface area contributed by atoms with Crippen LogP contribution in [0, 0.1) is 0 Å². The molecule has 0 aliphatic rings. The predicted molar refractivity (Wildman–Crippen MR) is 98.3 cm³/mol. The molecule has 0 saturated heterocycles. The number of anilines is 1. The Balaban J connectivity index is 1.74. The van der Waals surface area contributed by atoms with Crippen molar-refractivity contribution in [3.63, 3.8) is 0 Å². The molecule has 1 aromatic carbocycles. The van der Waals surface area contributed by atoms with E-state index in [9.17, 15) is 14.4 Å². The van der Waals surface area contributed by atoms with Gasteiger partial charge in [0, 0.05) is 11.1 Å². The summed E-state index contributed by atoms with van der Waals surface area (Å²) in [4.78, 5) is 42.6. The number of aromatic nitrogens is 2. The lowest BCUT2D eigenvalue weighted by molar-refractivity contribution is -0.139. The summed E-state index contributed by atoms with van der Waals surface area (Å²) in [6, 6.07) is 12.5. The highest BCUT2D eigenvalue weighted by Crippen LogP contribution is 2.18. The number of carbonyl (C=O) groups is 2. The average molecular weight is 369 g/mol. The Morgan fingerprint density at radius 2 is 1.96 bits per heavy atom. The lowest BCUT2D eigenvalue weighted by atomic mass is 10.1. The fourth-order valence-electron chi connectivity index (χ4n) is 2.27. The van der Waals surface area contributed by atoms with Crippen molar-refractivity contribution >= 4 is 28.3 Å². The molecule has 0 aliphatic heterocycles. The fourth-order valence-corrected chi connectivity index (χ4v) is 2.97. The van der Waals surface area contributed by atoms with Gasteiger partial charge in [0.25, 0.3) is 11.5 Å². The topological polar surface area (TPSA) is 101 Å². The number of amides is 1. The van der Waals surface area contributed by atoms with E-state index in [0.29, 0.717) is 16.5 Å². The van der Waals surface area contributed by atoms with Gasteiger partial charge in [-0.3, -0.25) is 19.7 Å². The molecule has 8 heteroatoms. The summed E-state index contributed by atoms with van der Waals surface area (Å²) in [6.45, 7) is 0. The van der Waals surface area contributed by atoms with Gasteiger partial charge in [-0.15, -0.1) is 11.3 Å². The predicted octanol–water partition coefficient (Wildman–Crippen LogP) is 2.47. The highest BCUT2D eigenvalue weighted by molar-refractivity contribution is 7.14. The lowest BCUT2D eigenvalue weighted by Gasteiger charge is -2.04. The second-order valence-corrected chi connectivity index (χ2v) is 6.19. The number of rotatable bonds is 5. The Kier molecular flexibility index (Phi) is 5.23. The number of nitrogens with zero attached hydrogens (tertiary/aromatic N) is 1. The minimum Gasteiger partial charge on any atom is -0.469 e. The highest BCUT2D eigenvalue weighted by Gasteiger charge is 2.14. The first-order valence-corrected chi connectivity index (χ1v) is 8.56. The summed E-state index contributed by atoms with van der Waals surface area (Å²) in [7, 11) is 1.29. The van der Waals surface area contributed by atoms with Crippen molar-refractivity contribution in [2.45, 2.75) is 6.42 Å². The molecule has 2 N–H and O–H groups in total. The van der Waals surface area contributed by atoms with Gasteiger partial charge in [-0.2, -0.15) is 0 Å². The van der Waals surface area contributed by atoms with Crippen molar-refractivity contribution in [3.8, 4) is 11.3 Å². The summed E-state index contributed by atoms with van der Waals surface area (Å²) < 4.78 is 4.57. The van der Waals surface area contributed by atoms with Crippen LogP contribution in [0.5, 0.6) is 0 Å². The molecular weight excluding hydrogens is 354 g/mol. The zero-order valence-electron chi connectivity index (χ0n) is 13.8. The SMILES string of the molecule is COC(=O)Cc1csc(NC(=O)c2ccc(-c3ccccc3)[nH]c2=O)n1. The van der Waals surface area contributed by atoms with Gasteiger partial charge >= 0.3 is 5.97 Å². The standard InChI is InChI=1S/C18H15N3O4S/c1-25-15(22)9-12-10-26-18(19-12)21-17(24)13-7-8-14(20-16(13)23)11-5-3-2-4-6-11/h2-8,10H,9H2,1H3,(H,20,23)(H,19,21,24). The van der Waals surface area contributed by atoms with E-state index >= 15 is 0 Å². The molecule has 26 heavy (non-hydrogen) atoms. The summed E-state index contributed by atoms with van der Waals surface area (Å²) in [5.74, 6) is -0.981. The van der Waals surface area contributed by atoms with E-state index in [1.807, 2.05) is 30.3 Å². The summed E-state index contributed by atoms with van der Waals surface area (Å²) in [5, 5.41) is 4.52. The maximum Gasteiger partial charge on any atom is 0.311 e. The molecule has 2 aromatic heterocycles. The van der Waals surface area contributed by atoms with Crippen LogP contribution in [0.25, 0.3) is 11.3 Å². The number of aromatic amines is 1. The third kappa shape index (κ3) is 4.04. The van der Waals surface area contributed by atoms with E-state index in [4.69, 9.17) is 0 Å². The molecule has 3 aromatic rings. The Morgan fingerprint density at radius 1 is 1.19 bits per heavy atom. The van der Waals surface area contributed by atoms with Crippen LogP contribution in [-0.2, 0) is 16.0 Å². The van der Waals surface area contributed by atoms with Gasteiger partial charge in [0.2, 0.25) is 0 Å². The van der Waals surface area contributed by atoms with E-state index < -0.39 is 17.4 Å². The molecular formula is C18H15N3O4S. The molecule has 0 aliphatic carbocycles. The van der Waals surface area contributed by atoms with Crippen molar-refractivity contribution in [3.05, 3.63) is 69.5 Å². The number of ether oxygens (including phenoxy) is 1. The number of esters is 1. The lowest BCUT2D eigenvalue weighted by Crippen LogP contribution is -2.23. The number of pyridine rings is 1. The van der Waals surface area contributed by atoms with E-state index in [2.05, 4.69) is 20.0 Å². The van der Waals surface area contributed by atoms with Crippen LogP contribution < -0.4 is 10.9 Å². The first-order chi connectivity index (χ1) is 12.6. The quantitative estimate of drug-likeness (QED) is 0.673. The van der Waals surface area contributed by atoms with Crippen molar-refractivity contribution in [1.82, 2.24) is 9.97 Å². The minimum atomic E-state index is -0.565. The molecule has 3 rings (SSSR count). The molecule has 1 amide bonds. The van der Waals surface area contributed by atoms with Crippen molar-refractivity contribution in [1.29, 1.82) is 0 Å². The average Bonchev–Trinajstić information content (AvgIpc) is 3.08. The molecule has 0 bridgehead atoms. The normalized spacial score (nSPS) is 10.3. The second kappa shape index (κ2) is 7.75. The van der Waals surface area contributed by atoms with Gasteiger partial charge in [-0.05, 0) is 17.7 Å². The number of carbonyl (C=O) groups excluding carboxylic acids is 2. The van der Waals surface area contributed by atoms with Gasteiger partial charge < -0.3 is 9.72 Å². The van der Waals surface area contributed by atoms with Crippen molar-refractivity contribution < 1.29 is 14.3 Å². The molecule has 2 heterocycles. The number of methoxy groups -OCH3 is 1. The molecule has 0 saturated carbocycles. The van der Waals surface area contributed by atoms with Gasteiger partial charge in [0.05, 0.1) is 19.2 Å². The maximum absolute atomic E-state index is 12.3. The summed E-state index contributed by atoms with van der Waals surface area (Å²) >= 11 is 1.17. The zero-order valence-corrected chi connectivity index (χ0v) is 14.6. The second-order valence-electron chi connectivity index (χ2n) is 5.33. The van der Waals surface area contributed by atoms with E-state index in [1.165, 1.54) is 24.5 Å². The summed E-state index contributed by atoms with van der Waals surface area (Å²) in [6.07, 6.45) is 0.0230. The van der Waals surface area contributed by atoms with Crippen LogP contribution in [0.2, 0.25) is 0 Å². The van der Waals surface area contributed by atoms with Crippen LogP contribution >= 0.6 is 11.3 Å². The van der Waals surface area contributed by atoms with Crippen LogP contribution in [0.15, 0.2) is 52.6 Å². The third-order valence-electron chi connectivity index (χ3n) is 3.56. The number of hydrogen-bond donors (Lipinski definition) is 2. The number of thiazole rings is 1. The largest absolute Gasteiger partial charge is 0.469 e. The first kappa shape index (κ1) is 17.6. The van der Waals surface area contributed by atoms with Gasteiger partial charge in [-0.1, -0.05) is 30.3 Å². The molecule has 0 radical (unpaired) electrons. The van der Waals surface area contributed by atoms with E-state index in [-0.39, 0.29) is 12.0 Å². The zero-order chi connectivity index (χ0) is 18.5. The molecule has 132 valence electrons. The number of nitrogens with one attached hydrogen (secondary N) is 2. The monoisotopic (exact) mass is 369 g/mol. The van der Waals surface area contributed by atoms with Crippen molar-refractivity contribution in [2.24, 2.45) is 0 Å². The minimum absolute atomic E-state index is 0.0191. The number of hydrogen-bond acceptors (Lipinski definition) is 6. The Bertz CT molecular complexity index is 995. The van der Waals surface area contributed by atoms with Crippen LogP contribution in [0.3, 0.4) is 0 Å². The molecule has 0 spiro atoms. The Morgan fingerprint density at radius 3 is 2.65 bits per heavy atom. The number of benzene rings is 1. The molecule has 0 unspecified atom stereocenters. The Hall–Kier alpha value is -3.26. The van der Waals surface area contributed by atoms with Gasteiger partial charge in [0.1, 0.15) is 5.56 Å². The molecule has 7 nitrogen and oxygen atoms in total. The van der Waals surface area contributed by atoms with Gasteiger partial charge in [-0.25, -0.2) is 4.98 Å². The van der Waals surface area contributed by atoms with Crippen LogP contribution in [0.1, 0.15) is 16.1 Å². The van der Waals surface area contributed by atoms with Crippen LogP contribution in [-0.4, -0.2) is 29.0 Å². The third-order valence-corrected chi connectivity index (χ3v) is 4.37. The van der Waals surface area contributed by atoms with Gasteiger partial charge in [0.15, 0.2) is 5.13 Å². The van der Waals surface area contributed by atoms with Crippen LogP contribution in [0.4, 0.5) is 5.13 Å².